The molecule has 1 aliphatic heterocycles. The van der Waals surface area contributed by atoms with Crippen molar-refractivity contribution in [3.8, 4) is 0 Å². The van der Waals surface area contributed by atoms with Crippen LogP contribution in [0.1, 0.15) is 19.8 Å². The van der Waals surface area contributed by atoms with E-state index >= 15 is 0 Å². The van der Waals surface area contributed by atoms with Gasteiger partial charge in [-0.1, -0.05) is 0 Å². The van der Waals surface area contributed by atoms with E-state index in [1.54, 1.807) is 0 Å². The zero-order valence-corrected chi connectivity index (χ0v) is 11.1. The van der Waals surface area contributed by atoms with Gasteiger partial charge >= 0.3 is 0 Å². The van der Waals surface area contributed by atoms with E-state index in [9.17, 15) is 0 Å². The second-order valence-electron chi connectivity index (χ2n) is 4.61. The van der Waals surface area contributed by atoms with Gasteiger partial charge in [0.05, 0.1) is 6.61 Å². The van der Waals surface area contributed by atoms with Crippen molar-refractivity contribution >= 4 is 5.95 Å². The van der Waals surface area contributed by atoms with Gasteiger partial charge in [-0.05, 0) is 19.8 Å². The maximum absolute atomic E-state index is 5.40. The quantitative estimate of drug-likeness (QED) is 0.717. The molecule has 5 nitrogen and oxygen atoms in total. The second kappa shape index (κ2) is 7.38. The highest BCUT2D eigenvalue weighted by atomic mass is 16.5. The van der Waals surface area contributed by atoms with Gasteiger partial charge in [0.2, 0.25) is 5.95 Å². The molecule has 0 radical (unpaired) electrons. The first-order valence-electron chi connectivity index (χ1n) is 6.80. The van der Waals surface area contributed by atoms with Gasteiger partial charge in [-0.25, -0.2) is 4.98 Å². The summed E-state index contributed by atoms with van der Waals surface area (Å²) >= 11 is 0. The van der Waals surface area contributed by atoms with Crippen LogP contribution in [0.4, 0.5) is 5.95 Å². The molecular formula is C13H23N3O2. The van der Waals surface area contributed by atoms with E-state index in [1.165, 1.54) is 0 Å². The zero-order valence-electron chi connectivity index (χ0n) is 11.1. The number of aromatic nitrogens is 2. The van der Waals surface area contributed by atoms with Crippen molar-refractivity contribution in [3.63, 3.8) is 0 Å². The molecule has 0 saturated carbocycles. The van der Waals surface area contributed by atoms with Gasteiger partial charge in [-0.2, -0.15) is 0 Å². The van der Waals surface area contributed by atoms with Crippen LogP contribution in [0.15, 0.2) is 12.4 Å². The van der Waals surface area contributed by atoms with Crippen LogP contribution in [0.25, 0.3) is 0 Å². The highest BCUT2D eigenvalue weighted by molar-refractivity contribution is 5.25. The molecule has 1 fully saturated rings. The molecule has 18 heavy (non-hydrogen) atoms. The Morgan fingerprint density at radius 1 is 1.61 bits per heavy atom. The maximum atomic E-state index is 5.40. The van der Waals surface area contributed by atoms with Crippen molar-refractivity contribution in [1.29, 1.82) is 0 Å². The van der Waals surface area contributed by atoms with Crippen molar-refractivity contribution in [3.05, 3.63) is 12.4 Å². The van der Waals surface area contributed by atoms with Gasteiger partial charge in [0.1, 0.15) is 0 Å². The van der Waals surface area contributed by atoms with Crippen molar-refractivity contribution in [1.82, 2.24) is 9.55 Å². The molecule has 1 aliphatic rings. The fourth-order valence-electron chi connectivity index (χ4n) is 2.15. The van der Waals surface area contributed by atoms with Crippen molar-refractivity contribution < 1.29 is 9.47 Å². The zero-order chi connectivity index (χ0) is 12.6. The maximum Gasteiger partial charge on any atom is 0.202 e. The Hall–Kier alpha value is -1.07. The Bertz CT molecular complexity index is 335. The molecular weight excluding hydrogens is 230 g/mol. The number of imidazole rings is 1. The van der Waals surface area contributed by atoms with Crippen LogP contribution < -0.4 is 5.32 Å². The number of rotatable bonds is 8. The minimum Gasteiger partial charge on any atom is -0.382 e. The lowest BCUT2D eigenvalue weighted by molar-refractivity contribution is 0.147. The second-order valence-corrected chi connectivity index (χ2v) is 4.61. The summed E-state index contributed by atoms with van der Waals surface area (Å²) in [6.07, 6.45) is 6.04. The lowest BCUT2D eigenvalue weighted by atomic mass is 10.1. The molecule has 0 bridgehead atoms. The first kappa shape index (κ1) is 13.4. The summed E-state index contributed by atoms with van der Waals surface area (Å²) < 4.78 is 12.9. The van der Waals surface area contributed by atoms with Crippen molar-refractivity contribution in [2.45, 2.75) is 26.3 Å². The van der Waals surface area contributed by atoms with E-state index in [-0.39, 0.29) is 0 Å². The highest BCUT2D eigenvalue weighted by Crippen LogP contribution is 2.17. The van der Waals surface area contributed by atoms with Crippen LogP contribution in [0.5, 0.6) is 0 Å². The van der Waals surface area contributed by atoms with Crippen LogP contribution in [0.2, 0.25) is 0 Å². The Balaban J connectivity index is 1.72. The van der Waals surface area contributed by atoms with Gasteiger partial charge < -0.3 is 19.4 Å². The molecule has 5 heteroatoms. The van der Waals surface area contributed by atoms with Gasteiger partial charge in [0, 0.05) is 51.2 Å². The van der Waals surface area contributed by atoms with Crippen LogP contribution >= 0.6 is 0 Å². The molecule has 2 rings (SSSR count). The van der Waals surface area contributed by atoms with Crippen LogP contribution in [-0.2, 0) is 16.0 Å². The molecule has 1 aromatic rings. The van der Waals surface area contributed by atoms with Gasteiger partial charge in [0.25, 0.3) is 0 Å². The number of nitrogens with one attached hydrogen (secondary N) is 1. The number of hydrogen-bond donors (Lipinski definition) is 1. The summed E-state index contributed by atoms with van der Waals surface area (Å²) in [4.78, 5) is 4.35. The SMILES string of the molecule is CCOCCCNc1nccn1CC1CCOC1. The van der Waals surface area contributed by atoms with E-state index in [0.717, 1.165) is 58.3 Å². The molecule has 0 aliphatic carbocycles. The number of nitrogens with zero attached hydrogens (tertiary/aromatic N) is 2. The Morgan fingerprint density at radius 2 is 2.56 bits per heavy atom. The summed E-state index contributed by atoms with van der Waals surface area (Å²) in [7, 11) is 0. The summed E-state index contributed by atoms with van der Waals surface area (Å²) in [5, 5.41) is 3.36. The van der Waals surface area contributed by atoms with Gasteiger partial charge in [-0.3, -0.25) is 0 Å². The summed E-state index contributed by atoms with van der Waals surface area (Å²) in [6.45, 7) is 7.28. The third-order valence-electron chi connectivity index (χ3n) is 3.15. The molecule has 1 aromatic heterocycles. The normalized spacial score (nSPS) is 19.3. The lowest BCUT2D eigenvalue weighted by Gasteiger charge is -2.13. The van der Waals surface area contributed by atoms with Crippen molar-refractivity contribution in [2.75, 3.05) is 38.3 Å². The monoisotopic (exact) mass is 253 g/mol. The van der Waals surface area contributed by atoms with E-state index in [2.05, 4.69) is 14.9 Å². The van der Waals surface area contributed by atoms with Crippen LogP contribution in [0.3, 0.4) is 0 Å². The van der Waals surface area contributed by atoms with Gasteiger partial charge in [-0.15, -0.1) is 0 Å². The molecule has 1 unspecified atom stereocenters. The molecule has 0 spiro atoms. The summed E-state index contributed by atoms with van der Waals surface area (Å²) in [5.41, 5.74) is 0. The fourth-order valence-corrected chi connectivity index (χ4v) is 2.15. The minimum atomic E-state index is 0.628. The van der Waals surface area contributed by atoms with E-state index in [4.69, 9.17) is 9.47 Å². The van der Waals surface area contributed by atoms with E-state index < -0.39 is 0 Å². The van der Waals surface area contributed by atoms with Crippen LogP contribution in [0, 0.1) is 5.92 Å². The molecule has 2 heterocycles. The first-order chi connectivity index (χ1) is 8.90. The minimum absolute atomic E-state index is 0.628. The smallest absolute Gasteiger partial charge is 0.202 e. The fraction of sp³-hybridized carbons (Fsp3) is 0.769. The van der Waals surface area contributed by atoms with Crippen molar-refractivity contribution in [2.24, 2.45) is 5.92 Å². The Labute approximate surface area is 108 Å². The molecule has 1 atom stereocenters. The average molecular weight is 253 g/mol. The molecule has 1 saturated heterocycles. The lowest BCUT2D eigenvalue weighted by Crippen LogP contribution is -2.15. The van der Waals surface area contributed by atoms with Crippen LogP contribution in [-0.4, -0.2) is 42.5 Å². The Kier molecular flexibility index (Phi) is 5.48. The molecule has 1 N–H and O–H groups in total. The highest BCUT2D eigenvalue weighted by Gasteiger charge is 2.17. The van der Waals surface area contributed by atoms with Gasteiger partial charge in [0.15, 0.2) is 0 Å². The topological polar surface area (TPSA) is 48.3 Å². The predicted molar refractivity (Wildman–Crippen MR) is 70.8 cm³/mol. The first-order valence-corrected chi connectivity index (χ1v) is 6.80. The van der Waals surface area contributed by atoms with E-state index in [1.807, 2.05) is 19.3 Å². The number of hydrogen-bond acceptors (Lipinski definition) is 4. The molecule has 102 valence electrons. The standard InChI is InChI=1S/C13H23N3O2/c1-2-17-8-3-5-14-13-15-6-7-16(13)10-12-4-9-18-11-12/h6-7,12H,2-5,8-11H2,1H3,(H,14,15). The number of ether oxygens (including phenoxy) is 2. The predicted octanol–water partition coefficient (Wildman–Crippen LogP) is 1.76. The third kappa shape index (κ3) is 3.99. The molecule has 0 amide bonds. The summed E-state index contributed by atoms with van der Waals surface area (Å²) in [6, 6.07) is 0. The van der Waals surface area contributed by atoms with E-state index in [0.29, 0.717) is 5.92 Å². The molecule has 0 aromatic carbocycles. The number of anilines is 1. The largest absolute Gasteiger partial charge is 0.382 e. The third-order valence-corrected chi connectivity index (χ3v) is 3.15. The summed E-state index contributed by atoms with van der Waals surface area (Å²) in [5.74, 6) is 1.58. The Morgan fingerprint density at radius 3 is 3.33 bits per heavy atom. The average Bonchev–Trinajstić information content (AvgIpc) is 3.02.